The van der Waals surface area contributed by atoms with Crippen LogP contribution in [0, 0.1) is 5.92 Å². The molecule has 4 amide bonds. The molecule has 2 aromatic rings. The number of rotatable bonds is 14. The number of carbonyl (C=O) groups excluding carboxylic acids is 4. The Kier molecular flexibility index (Phi) is 11.6. The van der Waals surface area contributed by atoms with Gasteiger partial charge in [-0.25, -0.2) is 4.90 Å². The van der Waals surface area contributed by atoms with Gasteiger partial charge < -0.3 is 0 Å². The van der Waals surface area contributed by atoms with Gasteiger partial charge in [0, 0.05) is 44.8 Å². The number of hydrogen-bond acceptors (Lipinski definition) is 8. The molecule has 14 heteroatoms. The second-order valence-corrected chi connectivity index (χ2v) is 15.1. The quantitative estimate of drug-likeness (QED) is 0.116. The third kappa shape index (κ3) is 7.05. The summed E-state index contributed by atoms with van der Waals surface area (Å²) < 4.78 is 71.6. The maximum absolute atomic E-state index is 14.0. The Morgan fingerprint density at radius 3 is 1.43 bits per heavy atom. The summed E-state index contributed by atoms with van der Waals surface area (Å²) in [5.41, 5.74) is -0.881. The number of carbonyl (C=O) groups is 4. The Hall–Kier alpha value is -4.50. The van der Waals surface area contributed by atoms with Crippen LogP contribution in [0.4, 0.5) is 0 Å². The molecule has 2 aromatic carbocycles. The van der Waals surface area contributed by atoms with E-state index in [0.29, 0.717) is 30.6 Å². The van der Waals surface area contributed by atoms with Crippen molar-refractivity contribution in [2.45, 2.75) is 79.7 Å². The average molecular weight is 739 g/mol. The maximum Gasteiger partial charge on any atom is 0.295 e. The first-order valence-electron chi connectivity index (χ1n) is 16.7. The van der Waals surface area contributed by atoms with Crippen molar-refractivity contribution in [1.29, 1.82) is 0 Å². The predicted octanol–water partition coefficient (Wildman–Crippen LogP) is 7.00. The number of hydrogen-bond donors (Lipinski definition) is 2. The Morgan fingerprint density at radius 1 is 0.686 bits per heavy atom. The summed E-state index contributed by atoms with van der Waals surface area (Å²) in [5, 5.41) is 0.259. The van der Waals surface area contributed by atoms with Crippen molar-refractivity contribution in [2.24, 2.45) is 5.92 Å². The number of benzene rings is 2. The van der Waals surface area contributed by atoms with Gasteiger partial charge in [-0.1, -0.05) is 65.3 Å². The number of nitrogens with zero attached hydrogens (tertiary/aromatic N) is 2. The standard InChI is InChI=1S/C37H42N2O10S2/c1-8-22(9-2)14-19-30(50(44,45)46)24(12-5)25(13-6)31(51(47,48)49)20-21(7)38-34(40)26-15-17-28-33-29(18-16-27(32(26)33)35(38)41)37(43)39(36(28)42)23(10-3)11-4/h12-13,15-20,22-23H,7-11,14H2,1-6H3,(H,44,45,46)(H,47,48,49)/b24-12-,25-13?,30-19+,31-20+. The Bertz CT molecular complexity index is 2130. The molecular weight excluding hydrogens is 697 g/mol. The van der Waals surface area contributed by atoms with E-state index in [4.69, 9.17) is 0 Å². The fraction of sp³-hybridized carbons (Fsp3) is 0.351. The SMILES string of the molecule is C=C(/C=C(\C(=CC)C(=C/C)/C(=C\CC(CC)CC)S(=O)(=O)O)S(=O)(=O)O)N1C(=O)c2ccc3c4c(ccc(c24)C1=O)C(=O)N(C(CC)CC)C3=O. The van der Waals surface area contributed by atoms with Crippen molar-refractivity contribution < 1.29 is 45.1 Å². The number of allylic oxidation sites excluding steroid dienone is 6. The van der Waals surface area contributed by atoms with Gasteiger partial charge in [0.25, 0.3) is 43.9 Å². The molecule has 0 saturated heterocycles. The van der Waals surface area contributed by atoms with E-state index in [1.807, 2.05) is 27.7 Å². The molecular formula is C37H42N2O10S2. The van der Waals surface area contributed by atoms with Gasteiger partial charge in [0.15, 0.2) is 0 Å². The summed E-state index contributed by atoms with van der Waals surface area (Å²) in [6.07, 6.45) is 7.24. The van der Waals surface area contributed by atoms with Crippen LogP contribution < -0.4 is 0 Å². The molecule has 0 unspecified atom stereocenters. The third-order valence-corrected chi connectivity index (χ3v) is 11.4. The summed E-state index contributed by atoms with van der Waals surface area (Å²) >= 11 is 0. The molecule has 0 saturated carbocycles. The summed E-state index contributed by atoms with van der Waals surface area (Å²) in [6, 6.07) is 5.16. The van der Waals surface area contributed by atoms with Crippen LogP contribution in [0.2, 0.25) is 0 Å². The van der Waals surface area contributed by atoms with Crippen molar-refractivity contribution >= 4 is 54.6 Å². The van der Waals surface area contributed by atoms with Crippen molar-refractivity contribution in [3.63, 3.8) is 0 Å². The van der Waals surface area contributed by atoms with Gasteiger partial charge in [0.05, 0.1) is 4.91 Å². The summed E-state index contributed by atoms with van der Waals surface area (Å²) in [6.45, 7) is 14.1. The van der Waals surface area contributed by atoms with E-state index in [-0.39, 0.29) is 62.6 Å². The van der Waals surface area contributed by atoms with E-state index in [1.165, 1.54) is 61.2 Å². The Morgan fingerprint density at radius 2 is 1.08 bits per heavy atom. The van der Waals surface area contributed by atoms with E-state index >= 15 is 0 Å². The second kappa shape index (κ2) is 15.0. The lowest BCUT2D eigenvalue weighted by molar-refractivity contribution is 0.0526. The van der Waals surface area contributed by atoms with E-state index in [1.54, 1.807) is 0 Å². The van der Waals surface area contributed by atoms with Crippen LogP contribution in [0.5, 0.6) is 0 Å². The highest BCUT2D eigenvalue weighted by Crippen LogP contribution is 2.40. The zero-order chi connectivity index (χ0) is 38.2. The minimum Gasteiger partial charge on any atom is -0.282 e. The van der Waals surface area contributed by atoms with Crippen LogP contribution in [0.1, 0.15) is 115 Å². The molecule has 0 aromatic heterocycles. The fourth-order valence-electron chi connectivity index (χ4n) is 6.76. The highest BCUT2D eigenvalue weighted by Gasteiger charge is 2.42. The highest BCUT2D eigenvalue weighted by molar-refractivity contribution is 7.90. The normalized spacial score (nSPS) is 16.4. The molecule has 0 bridgehead atoms. The van der Waals surface area contributed by atoms with E-state index in [2.05, 4.69) is 6.58 Å². The zero-order valence-corrected chi connectivity index (χ0v) is 31.0. The van der Waals surface area contributed by atoms with Crippen molar-refractivity contribution in [2.75, 3.05) is 0 Å². The summed E-state index contributed by atoms with van der Waals surface area (Å²) in [5.74, 6) is -2.91. The molecule has 0 atom stereocenters. The van der Waals surface area contributed by atoms with Gasteiger partial charge in [0.1, 0.15) is 4.91 Å². The molecule has 12 nitrogen and oxygen atoms in total. The lowest BCUT2D eigenvalue weighted by Crippen LogP contribution is -2.47. The molecule has 272 valence electrons. The van der Waals surface area contributed by atoms with Crippen LogP contribution in [0.3, 0.4) is 0 Å². The van der Waals surface area contributed by atoms with Gasteiger partial charge in [-0.05, 0) is 80.5 Å². The monoisotopic (exact) mass is 738 g/mol. The first kappa shape index (κ1) is 39.3. The molecule has 0 fully saturated rings. The number of amides is 4. The van der Waals surface area contributed by atoms with Crippen LogP contribution in [-0.2, 0) is 20.2 Å². The fourth-order valence-corrected chi connectivity index (χ4v) is 8.36. The zero-order valence-electron chi connectivity index (χ0n) is 29.4. The first-order valence-corrected chi connectivity index (χ1v) is 19.6. The smallest absolute Gasteiger partial charge is 0.282 e. The lowest BCUT2D eigenvalue weighted by Gasteiger charge is -2.35. The Balaban J connectivity index is 1.85. The highest BCUT2D eigenvalue weighted by atomic mass is 32.2. The topological polar surface area (TPSA) is 183 Å². The molecule has 2 heterocycles. The van der Waals surface area contributed by atoms with Crippen molar-refractivity contribution in [1.82, 2.24) is 9.80 Å². The molecule has 2 aliphatic heterocycles. The largest absolute Gasteiger partial charge is 0.295 e. The molecule has 0 aliphatic carbocycles. The molecule has 51 heavy (non-hydrogen) atoms. The molecule has 4 rings (SSSR count). The molecule has 2 N–H and O–H groups in total. The molecule has 0 radical (unpaired) electrons. The van der Waals surface area contributed by atoms with Crippen LogP contribution in [0.25, 0.3) is 10.8 Å². The third-order valence-electron chi connectivity index (χ3n) is 9.56. The average Bonchev–Trinajstić information content (AvgIpc) is 3.07. The lowest BCUT2D eigenvalue weighted by atomic mass is 9.85. The van der Waals surface area contributed by atoms with Crippen LogP contribution in [-0.4, -0.2) is 65.4 Å². The predicted molar refractivity (Wildman–Crippen MR) is 194 cm³/mol. The second-order valence-electron chi connectivity index (χ2n) is 12.3. The van der Waals surface area contributed by atoms with Crippen molar-refractivity contribution in [3.8, 4) is 0 Å². The minimum atomic E-state index is -5.20. The Labute approximate surface area is 298 Å². The van der Waals surface area contributed by atoms with Gasteiger partial charge in [-0.2, -0.15) is 16.8 Å². The molecule has 0 spiro atoms. The van der Waals surface area contributed by atoms with E-state index < -0.39 is 59.4 Å². The minimum absolute atomic E-state index is 0.0527. The maximum atomic E-state index is 14.0. The van der Waals surface area contributed by atoms with Gasteiger partial charge in [-0.3, -0.25) is 33.2 Å². The van der Waals surface area contributed by atoms with E-state index in [9.17, 15) is 45.1 Å². The van der Waals surface area contributed by atoms with Crippen LogP contribution in [0.15, 0.2) is 81.8 Å². The van der Waals surface area contributed by atoms with Gasteiger partial charge >= 0.3 is 0 Å². The molecule has 2 aliphatic rings. The van der Waals surface area contributed by atoms with Gasteiger partial charge in [-0.15, -0.1) is 0 Å². The summed E-state index contributed by atoms with van der Waals surface area (Å²) in [4.78, 5) is 55.5. The van der Waals surface area contributed by atoms with Crippen molar-refractivity contribution in [3.05, 3.63) is 104 Å². The first-order chi connectivity index (χ1) is 23.9. The number of imide groups is 2. The van der Waals surface area contributed by atoms with Gasteiger partial charge in [0.2, 0.25) is 0 Å². The van der Waals surface area contributed by atoms with Crippen LogP contribution >= 0.6 is 0 Å². The summed E-state index contributed by atoms with van der Waals surface area (Å²) in [7, 11) is -10.1. The van der Waals surface area contributed by atoms with E-state index in [0.717, 1.165) is 6.08 Å².